The lowest BCUT2D eigenvalue weighted by molar-refractivity contribution is 0.360. The Hall–Kier alpha value is -1.74. The van der Waals surface area contributed by atoms with Gasteiger partial charge in [0.2, 0.25) is 0 Å². The highest BCUT2D eigenvalue weighted by atomic mass is 16.3. The maximum absolute atomic E-state index is 10.3. The average molecular weight is 256 g/mol. The molecule has 1 heterocycles. The molecule has 2 aromatic carbocycles. The van der Waals surface area contributed by atoms with E-state index in [1.54, 1.807) is 0 Å². The van der Waals surface area contributed by atoms with Crippen molar-refractivity contribution < 1.29 is 5.11 Å². The summed E-state index contributed by atoms with van der Waals surface area (Å²) in [6.07, 6.45) is 1.14. The van der Waals surface area contributed by atoms with Crippen molar-refractivity contribution in [3.63, 3.8) is 0 Å². The van der Waals surface area contributed by atoms with Crippen LogP contribution in [0.15, 0.2) is 36.4 Å². The summed E-state index contributed by atoms with van der Waals surface area (Å²) in [4.78, 5) is 4.67. The molecule has 0 aromatic heterocycles. The summed E-state index contributed by atoms with van der Waals surface area (Å²) < 4.78 is 0. The monoisotopic (exact) mass is 256 g/mol. The van der Waals surface area contributed by atoms with Crippen molar-refractivity contribution in [3.05, 3.63) is 36.4 Å². The summed E-state index contributed by atoms with van der Waals surface area (Å²) >= 11 is 0. The van der Waals surface area contributed by atoms with Crippen molar-refractivity contribution in [2.75, 3.05) is 38.1 Å². The number of aromatic hydroxyl groups is 1. The van der Waals surface area contributed by atoms with Crippen molar-refractivity contribution in [2.24, 2.45) is 0 Å². The second kappa shape index (κ2) is 5.10. The quantitative estimate of drug-likeness (QED) is 0.850. The van der Waals surface area contributed by atoms with Crippen LogP contribution in [-0.4, -0.2) is 43.2 Å². The Bertz CT molecular complexity index is 582. The van der Waals surface area contributed by atoms with Gasteiger partial charge >= 0.3 is 0 Å². The summed E-state index contributed by atoms with van der Waals surface area (Å²) in [5, 5.41) is 12.6. The Morgan fingerprint density at radius 1 is 0.947 bits per heavy atom. The number of anilines is 1. The summed E-state index contributed by atoms with van der Waals surface area (Å²) in [5.74, 6) is 0.392. The minimum Gasteiger partial charge on any atom is -0.506 e. The average Bonchev–Trinajstić information content (AvgIpc) is 2.64. The Morgan fingerprint density at radius 3 is 2.68 bits per heavy atom. The lowest BCUT2D eigenvalue weighted by atomic mass is 10.1. The second-order valence-electron chi connectivity index (χ2n) is 5.30. The van der Waals surface area contributed by atoms with E-state index < -0.39 is 0 Å². The zero-order valence-electron chi connectivity index (χ0n) is 11.3. The predicted octanol–water partition coefficient (Wildman–Crippen LogP) is 2.69. The number of hydrogen-bond donors (Lipinski definition) is 1. The van der Waals surface area contributed by atoms with Crippen molar-refractivity contribution in [1.29, 1.82) is 0 Å². The number of hydrogen-bond acceptors (Lipinski definition) is 3. The van der Waals surface area contributed by atoms with Gasteiger partial charge in [-0.1, -0.05) is 30.3 Å². The van der Waals surface area contributed by atoms with Crippen LogP contribution in [-0.2, 0) is 0 Å². The first-order chi connectivity index (χ1) is 9.25. The van der Waals surface area contributed by atoms with E-state index in [2.05, 4.69) is 29.0 Å². The molecule has 3 nitrogen and oxygen atoms in total. The molecule has 0 bridgehead atoms. The smallest absolute Gasteiger partial charge is 0.139 e. The van der Waals surface area contributed by atoms with Crippen LogP contribution in [0.2, 0.25) is 0 Å². The number of likely N-dealkylation sites (N-methyl/N-ethyl adjacent to an activating group) is 1. The van der Waals surface area contributed by atoms with E-state index >= 15 is 0 Å². The molecule has 1 aliphatic rings. The molecular weight excluding hydrogens is 236 g/mol. The highest BCUT2D eigenvalue weighted by molar-refractivity contribution is 5.97. The van der Waals surface area contributed by atoms with E-state index in [-0.39, 0.29) is 0 Å². The minimum atomic E-state index is 0.392. The molecule has 1 aliphatic heterocycles. The molecule has 0 amide bonds. The molecule has 0 saturated carbocycles. The largest absolute Gasteiger partial charge is 0.506 e. The third-order valence-electron chi connectivity index (χ3n) is 3.92. The Labute approximate surface area is 114 Å². The summed E-state index contributed by atoms with van der Waals surface area (Å²) in [6.45, 7) is 4.15. The molecule has 2 aromatic rings. The third-order valence-corrected chi connectivity index (χ3v) is 3.92. The lowest BCUT2D eigenvalue weighted by Crippen LogP contribution is -2.28. The summed E-state index contributed by atoms with van der Waals surface area (Å²) in [5.41, 5.74) is 0.994. The van der Waals surface area contributed by atoms with Gasteiger partial charge in [-0.15, -0.1) is 0 Å². The first kappa shape index (κ1) is 12.3. The number of rotatable bonds is 1. The Kier molecular flexibility index (Phi) is 3.30. The van der Waals surface area contributed by atoms with Crippen LogP contribution < -0.4 is 4.90 Å². The lowest BCUT2D eigenvalue weighted by Gasteiger charge is -2.25. The second-order valence-corrected chi connectivity index (χ2v) is 5.30. The number of nitrogens with zero attached hydrogens (tertiary/aromatic N) is 2. The van der Waals surface area contributed by atoms with E-state index in [1.807, 2.05) is 24.3 Å². The Balaban J connectivity index is 2.05. The highest BCUT2D eigenvalue weighted by Crippen LogP contribution is 2.35. The SMILES string of the molecule is CN1CCCN(c2c(O)ccc3ccccc23)CC1. The van der Waals surface area contributed by atoms with Crippen molar-refractivity contribution in [2.45, 2.75) is 6.42 Å². The van der Waals surface area contributed by atoms with Crippen molar-refractivity contribution >= 4 is 16.5 Å². The maximum atomic E-state index is 10.3. The fraction of sp³-hybridized carbons (Fsp3) is 0.375. The van der Waals surface area contributed by atoms with Gasteiger partial charge < -0.3 is 14.9 Å². The Morgan fingerprint density at radius 2 is 1.79 bits per heavy atom. The molecule has 0 atom stereocenters. The van der Waals surface area contributed by atoms with Crippen molar-refractivity contribution in [3.8, 4) is 5.75 Å². The number of phenols is 1. The van der Waals surface area contributed by atoms with Crippen LogP contribution in [0.1, 0.15) is 6.42 Å². The molecule has 0 radical (unpaired) electrons. The first-order valence-electron chi connectivity index (χ1n) is 6.90. The van der Waals surface area contributed by atoms with Gasteiger partial charge in [0.15, 0.2) is 0 Å². The topological polar surface area (TPSA) is 26.7 Å². The van der Waals surface area contributed by atoms with E-state index in [0.29, 0.717) is 5.75 Å². The zero-order valence-corrected chi connectivity index (χ0v) is 11.3. The van der Waals surface area contributed by atoms with Crippen LogP contribution in [0.3, 0.4) is 0 Å². The molecule has 100 valence electrons. The van der Waals surface area contributed by atoms with Gasteiger partial charge in [-0.2, -0.15) is 0 Å². The molecule has 1 N–H and O–H groups in total. The van der Waals surface area contributed by atoms with Crippen LogP contribution in [0, 0.1) is 0 Å². The summed E-state index contributed by atoms with van der Waals surface area (Å²) in [6, 6.07) is 12.1. The van der Waals surface area contributed by atoms with Crippen molar-refractivity contribution in [1.82, 2.24) is 4.90 Å². The standard InChI is InChI=1S/C16H20N2O/c1-17-9-4-10-18(12-11-17)16-14-6-3-2-5-13(14)7-8-15(16)19/h2-3,5-8,19H,4,9-12H2,1H3. The zero-order chi connectivity index (χ0) is 13.2. The fourth-order valence-electron chi connectivity index (χ4n) is 2.85. The number of phenolic OH excluding ortho intramolecular Hbond substituents is 1. The van der Waals surface area contributed by atoms with Crippen LogP contribution >= 0.6 is 0 Å². The molecule has 19 heavy (non-hydrogen) atoms. The van der Waals surface area contributed by atoms with E-state index in [9.17, 15) is 5.11 Å². The van der Waals surface area contributed by atoms with Gasteiger partial charge in [-0.25, -0.2) is 0 Å². The first-order valence-corrected chi connectivity index (χ1v) is 6.90. The van der Waals surface area contributed by atoms with Crippen LogP contribution in [0.4, 0.5) is 5.69 Å². The molecule has 3 rings (SSSR count). The van der Waals surface area contributed by atoms with Gasteiger partial charge in [0.05, 0.1) is 5.69 Å². The van der Waals surface area contributed by atoms with E-state index in [0.717, 1.165) is 43.7 Å². The van der Waals surface area contributed by atoms with Crippen LogP contribution in [0.25, 0.3) is 10.8 Å². The highest BCUT2D eigenvalue weighted by Gasteiger charge is 2.17. The molecule has 0 aliphatic carbocycles. The molecule has 0 unspecified atom stereocenters. The number of fused-ring (bicyclic) bond motifs is 1. The molecule has 1 saturated heterocycles. The van der Waals surface area contributed by atoms with Crippen LogP contribution in [0.5, 0.6) is 5.75 Å². The predicted molar refractivity (Wildman–Crippen MR) is 79.9 cm³/mol. The molecule has 0 spiro atoms. The van der Waals surface area contributed by atoms with E-state index in [4.69, 9.17) is 0 Å². The molecule has 3 heteroatoms. The van der Waals surface area contributed by atoms with E-state index in [1.165, 1.54) is 5.39 Å². The summed E-state index contributed by atoms with van der Waals surface area (Å²) in [7, 11) is 2.16. The van der Waals surface area contributed by atoms with Gasteiger partial charge in [-0.3, -0.25) is 0 Å². The number of benzene rings is 2. The van der Waals surface area contributed by atoms with Gasteiger partial charge in [0, 0.05) is 25.0 Å². The normalized spacial score (nSPS) is 17.6. The minimum absolute atomic E-state index is 0.392. The fourth-order valence-corrected chi connectivity index (χ4v) is 2.85. The molecular formula is C16H20N2O. The third kappa shape index (κ3) is 2.38. The van der Waals surface area contributed by atoms with Gasteiger partial charge in [-0.05, 0) is 31.5 Å². The van der Waals surface area contributed by atoms with Gasteiger partial charge in [0.1, 0.15) is 5.75 Å². The van der Waals surface area contributed by atoms with Gasteiger partial charge in [0.25, 0.3) is 0 Å². The maximum Gasteiger partial charge on any atom is 0.139 e. The molecule has 1 fully saturated rings.